The van der Waals surface area contributed by atoms with Gasteiger partial charge < -0.3 is 10.5 Å². The average molecular weight is 297 g/mol. The highest BCUT2D eigenvalue weighted by atomic mass is 35.5. The van der Waals surface area contributed by atoms with E-state index < -0.39 is 0 Å². The number of halogens is 1. The van der Waals surface area contributed by atoms with E-state index in [1.165, 1.54) is 19.4 Å². The Balaban J connectivity index is 1.68. The number of benzene rings is 1. The highest BCUT2D eigenvalue weighted by Gasteiger charge is 2.24. The minimum absolute atomic E-state index is 0.550. The summed E-state index contributed by atoms with van der Waals surface area (Å²) in [6, 6.07) is 8.08. The van der Waals surface area contributed by atoms with Crippen LogP contribution < -0.4 is 10.5 Å². The summed E-state index contributed by atoms with van der Waals surface area (Å²) >= 11 is 5.84. The van der Waals surface area contributed by atoms with E-state index in [-0.39, 0.29) is 0 Å². The van der Waals surface area contributed by atoms with E-state index >= 15 is 0 Å². The zero-order chi connectivity index (χ0) is 14.4. The molecular formula is C16H25ClN2O. The third kappa shape index (κ3) is 4.65. The van der Waals surface area contributed by atoms with Crippen LogP contribution >= 0.6 is 11.6 Å². The van der Waals surface area contributed by atoms with Gasteiger partial charge in [0.25, 0.3) is 0 Å². The molecule has 0 bridgehead atoms. The second-order valence-corrected chi connectivity index (χ2v) is 6.15. The number of nitrogens with zero attached hydrogens (tertiary/aromatic N) is 1. The van der Waals surface area contributed by atoms with Gasteiger partial charge in [0.05, 0.1) is 6.61 Å². The van der Waals surface area contributed by atoms with Crippen molar-refractivity contribution in [2.75, 3.05) is 26.2 Å². The van der Waals surface area contributed by atoms with Gasteiger partial charge in [-0.05, 0) is 56.0 Å². The first-order valence-corrected chi connectivity index (χ1v) is 7.89. The van der Waals surface area contributed by atoms with Gasteiger partial charge in [-0.2, -0.15) is 0 Å². The van der Waals surface area contributed by atoms with Crippen LogP contribution in [0.5, 0.6) is 5.75 Å². The lowest BCUT2D eigenvalue weighted by molar-refractivity contribution is 0.115. The van der Waals surface area contributed by atoms with Crippen molar-refractivity contribution in [2.24, 2.45) is 11.7 Å². The van der Waals surface area contributed by atoms with Crippen molar-refractivity contribution < 1.29 is 4.74 Å². The zero-order valence-electron chi connectivity index (χ0n) is 12.2. The van der Waals surface area contributed by atoms with Crippen molar-refractivity contribution >= 4 is 11.6 Å². The highest BCUT2D eigenvalue weighted by Crippen LogP contribution is 2.22. The van der Waals surface area contributed by atoms with Crippen LogP contribution in [0.2, 0.25) is 5.02 Å². The summed E-state index contributed by atoms with van der Waals surface area (Å²) in [5.41, 5.74) is 5.88. The predicted molar refractivity (Wildman–Crippen MR) is 84.4 cm³/mol. The van der Waals surface area contributed by atoms with Gasteiger partial charge in [-0.15, -0.1) is 0 Å². The van der Waals surface area contributed by atoms with Crippen LogP contribution in [0.3, 0.4) is 0 Å². The number of piperidine rings is 1. The second kappa shape index (κ2) is 7.87. The molecule has 0 spiro atoms. The summed E-state index contributed by atoms with van der Waals surface area (Å²) in [4.78, 5) is 2.52. The summed E-state index contributed by atoms with van der Waals surface area (Å²) in [6.45, 7) is 6.07. The van der Waals surface area contributed by atoms with Crippen molar-refractivity contribution in [2.45, 2.75) is 32.2 Å². The Morgan fingerprint density at radius 2 is 2.10 bits per heavy atom. The zero-order valence-corrected chi connectivity index (χ0v) is 13.0. The molecular weight excluding hydrogens is 272 g/mol. The molecule has 0 saturated carbocycles. The Morgan fingerprint density at radius 1 is 1.35 bits per heavy atom. The molecule has 0 aliphatic carbocycles. The molecule has 1 fully saturated rings. The van der Waals surface area contributed by atoms with Crippen molar-refractivity contribution in [3.63, 3.8) is 0 Å². The Labute approximate surface area is 127 Å². The Morgan fingerprint density at radius 3 is 2.80 bits per heavy atom. The minimum Gasteiger partial charge on any atom is -0.494 e. The molecule has 1 saturated heterocycles. The molecule has 4 heteroatoms. The number of likely N-dealkylation sites (tertiary alicyclic amines) is 1. The van der Waals surface area contributed by atoms with Gasteiger partial charge in [-0.3, -0.25) is 4.90 Å². The molecule has 0 radical (unpaired) electrons. The third-order valence-corrected chi connectivity index (χ3v) is 4.30. The van der Waals surface area contributed by atoms with E-state index in [1.807, 2.05) is 24.3 Å². The molecule has 1 aromatic rings. The first-order valence-electron chi connectivity index (χ1n) is 7.51. The van der Waals surface area contributed by atoms with Crippen LogP contribution in [0.1, 0.15) is 26.2 Å². The molecule has 1 aromatic carbocycles. The van der Waals surface area contributed by atoms with Crippen LogP contribution in [0.4, 0.5) is 0 Å². The summed E-state index contributed by atoms with van der Waals surface area (Å²) in [6.07, 6.45) is 3.55. The van der Waals surface area contributed by atoms with Crippen molar-refractivity contribution in [3.05, 3.63) is 29.3 Å². The van der Waals surface area contributed by atoms with E-state index in [0.717, 1.165) is 42.8 Å². The van der Waals surface area contributed by atoms with Gasteiger partial charge in [-0.1, -0.05) is 18.5 Å². The molecule has 1 heterocycles. The Bertz CT molecular complexity index is 396. The molecule has 2 unspecified atom stereocenters. The number of rotatable bonds is 6. The van der Waals surface area contributed by atoms with Gasteiger partial charge in [0.1, 0.15) is 5.75 Å². The topological polar surface area (TPSA) is 38.5 Å². The third-order valence-electron chi connectivity index (χ3n) is 4.04. The van der Waals surface area contributed by atoms with E-state index in [1.54, 1.807) is 0 Å². The second-order valence-electron chi connectivity index (χ2n) is 5.71. The highest BCUT2D eigenvalue weighted by molar-refractivity contribution is 6.30. The minimum atomic E-state index is 0.550. The van der Waals surface area contributed by atoms with E-state index in [9.17, 15) is 0 Å². The fourth-order valence-corrected chi connectivity index (χ4v) is 2.95. The number of hydrogen-bond acceptors (Lipinski definition) is 3. The van der Waals surface area contributed by atoms with Gasteiger partial charge in [-0.25, -0.2) is 0 Å². The van der Waals surface area contributed by atoms with Crippen LogP contribution in [0.25, 0.3) is 0 Å². The molecule has 2 rings (SSSR count). The number of nitrogens with two attached hydrogens (primary N) is 1. The summed E-state index contributed by atoms with van der Waals surface area (Å²) in [7, 11) is 0. The first-order chi connectivity index (χ1) is 9.69. The lowest BCUT2D eigenvalue weighted by Crippen LogP contribution is -2.46. The summed E-state index contributed by atoms with van der Waals surface area (Å²) < 4.78 is 5.73. The largest absolute Gasteiger partial charge is 0.494 e. The quantitative estimate of drug-likeness (QED) is 0.820. The lowest BCUT2D eigenvalue weighted by Gasteiger charge is -2.37. The predicted octanol–water partition coefficient (Wildman–Crippen LogP) is 3.17. The molecule has 0 amide bonds. The van der Waals surface area contributed by atoms with Crippen LogP contribution in [0.15, 0.2) is 24.3 Å². The fraction of sp³-hybridized carbons (Fsp3) is 0.625. The van der Waals surface area contributed by atoms with Crippen LogP contribution in [0, 0.1) is 5.92 Å². The standard InChI is InChI=1S/C16H25ClN2O/c1-13-7-9-19(15(11-13)12-18)8-2-10-20-16-5-3-14(17)4-6-16/h3-6,13,15H,2,7-12,18H2,1H3. The molecule has 20 heavy (non-hydrogen) atoms. The lowest BCUT2D eigenvalue weighted by atomic mass is 9.92. The van der Waals surface area contributed by atoms with E-state index in [2.05, 4.69) is 11.8 Å². The van der Waals surface area contributed by atoms with Gasteiger partial charge in [0.15, 0.2) is 0 Å². The normalized spacial score (nSPS) is 23.8. The van der Waals surface area contributed by atoms with Gasteiger partial charge in [0, 0.05) is 24.2 Å². The molecule has 0 aromatic heterocycles. The smallest absolute Gasteiger partial charge is 0.119 e. The number of ether oxygens (including phenoxy) is 1. The first kappa shape index (κ1) is 15.6. The molecule has 112 valence electrons. The molecule has 2 N–H and O–H groups in total. The summed E-state index contributed by atoms with van der Waals surface area (Å²) in [5, 5.41) is 0.741. The molecule has 3 nitrogen and oxygen atoms in total. The number of hydrogen-bond donors (Lipinski definition) is 1. The average Bonchev–Trinajstić information content (AvgIpc) is 2.46. The maximum atomic E-state index is 5.88. The maximum Gasteiger partial charge on any atom is 0.119 e. The van der Waals surface area contributed by atoms with E-state index in [0.29, 0.717) is 6.04 Å². The van der Waals surface area contributed by atoms with Crippen LogP contribution in [-0.4, -0.2) is 37.2 Å². The van der Waals surface area contributed by atoms with Crippen molar-refractivity contribution in [1.82, 2.24) is 4.90 Å². The molecule has 2 atom stereocenters. The molecule has 1 aliphatic rings. The Hall–Kier alpha value is -0.770. The van der Waals surface area contributed by atoms with Crippen LogP contribution in [-0.2, 0) is 0 Å². The monoisotopic (exact) mass is 296 g/mol. The van der Waals surface area contributed by atoms with Gasteiger partial charge >= 0.3 is 0 Å². The maximum absolute atomic E-state index is 5.88. The van der Waals surface area contributed by atoms with Crippen molar-refractivity contribution in [1.29, 1.82) is 0 Å². The Kier molecular flexibility index (Phi) is 6.14. The van der Waals surface area contributed by atoms with E-state index in [4.69, 9.17) is 22.1 Å². The van der Waals surface area contributed by atoms with Crippen molar-refractivity contribution in [3.8, 4) is 5.75 Å². The molecule has 1 aliphatic heterocycles. The SMILES string of the molecule is CC1CCN(CCCOc2ccc(Cl)cc2)C(CN)C1. The summed E-state index contributed by atoms with van der Waals surface area (Å²) in [5.74, 6) is 1.70. The fourth-order valence-electron chi connectivity index (χ4n) is 2.83. The van der Waals surface area contributed by atoms with Gasteiger partial charge in [0.2, 0.25) is 0 Å².